The zero-order chi connectivity index (χ0) is 27.8. The van der Waals surface area contributed by atoms with E-state index < -0.39 is 0 Å². The Labute approximate surface area is 229 Å². The van der Waals surface area contributed by atoms with E-state index in [2.05, 4.69) is 0 Å². The van der Waals surface area contributed by atoms with E-state index in [4.69, 9.17) is 0 Å². The molecule has 5 heteroatoms. The lowest BCUT2D eigenvalue weighted by Crippen LogP contribution is -2.14. The van der Waals surface area contributed by atoms with Crippen molar-refractivity contribution in [1.82, 2.24) is 0 Å². The summed E-state index contributed by atoms with van der Waals surface area (Å²) in [5.74, 6) is -3.17. The first-order valence-electron chi connectivity index (χ1n) is 13.2. The van der Waals surface area contributed by atoms with Crippen LogP contribution < -0.4 is 0 Å². The Hall–Kier alpha value is -4.25. The number of benzene rings is 5. The molecule has 5 aromatic rings. The normalized spacial score (nSPS) is 22.4. The molecule has 1 fully saturated rings. The van der Waals surface area contributed by atoms with E-state index in [-0.39, 0.29) is 58.7 Å². The highest BCUT2D eigenvalue weighted by atomic mass is 19.1. The maximum absolute atomic E-state index is 14.1. The van der Waals surface area contributed by atoms with Gasteiger partial charge in [-0.3, -0.25) is 0 Å². The molecule has 40 heavy (non-hydrogen) atoms. The van der Waals surface area contributed by atoms with E-state index in [0.717, 1.165) is 27.8 Å². The van der Waals surface area contributed by atoms with Gasteiger partial charge in [0.2, 0.25) is 0 Å². The molecule has 0 N–H and O–H groups in total. The SMILES string of the molecule is Fc1ccc(C2C(c3ccc(F)cc3)C(c3ccc(F)cc3)C(c3ccc(F)cc3)C2c2ccc(F)cc2)cc1. The molecule has 1 aliphatic carbocycles. The van der Waals surface area contributed by atoms with Crippen LogP contribution in [0.4, 0.5) is 22.0 Å². The molecule has 0 saturated heterocycles. The summed E-state index contributed by atoms with van der Waals surface area (Å²) in [5, 5.41) is 0. The molecule has 0 amide bonds. The summed E-state index contributed by atoms with van der Waals surface area (Å²) in [7, 11) is 0. The van der Waals surface area contributed by atoms with Crippen LogP contribution in [0.25, 0.3) is 0 Å². The summed E-state index contributed by atoms with van der Waals surface area (Å²) < 4.78 is 70.5. The number of rotatable bonds is 5. The molecule has 1 saturated carbocycles. The topological polar surface area (TPSA) is 0 Å². The predicted octanol–water partition coefficient (Wildman–Crippen LogP) is 9.61. The monoisotopic (exact) mass is 540 g/mol. The fourth-order valence-electron chi connectivity index (χ4n) is 6.62. The van der Waals surface area contributed by atoms with Crippen molar-refractivity contribution in [2.24, 2.45) is 0 Å². The first-order chi connectivity index (χ1) is 19.4. The van der Waals surface area contributed by atoms with Gasteiger partial charge in [-0.15, -0.1) is 0 Å². The Bertz CT molecular complexity index is 1280. The summed E-state index contributed by atoms with van der Waals surface area (Å²) in [4.78, 5) is 0. The molecular formula is C35H25F5. The smallest absolute Gasteiger partial charge is 0.123 e. The minimum absolute atomic E-state index is 0.262. The third-order valence-electron chi connectivity index (χ3n) is 8.21. The molecular weight excluding hydrogens is 515 g/mol. The number of hydrogen-bond acceptors (Lipinski definition) is 0. The van der Waals surface area contributed by atoms with Gasteiger partial charge in [-0.2, -0.15) is 0 Å². The van der Waals surface area contributed by atoms with Gasteiger partial charge in [0.05, 0.1) is 0 Å². The highest BCUT2D eigenvalue weighted by molar-refractivity contribution is 5.48. The second-order valence-corrected chi connectivity index (χ2v) is 10.4. The Morgan fingerprint density at radius 1 is 0.225 bits per heavy atom. The first kappa shape index (κ1) is 26.0. The summed E-state index contributed by atoms with van der Waals surface area (Å²) in [6, 6.07) is 31.7. The highest BCUT2D eigenvalue weighted by Crippen LogP contribution is 2.66. The molecule has 200 valence electrons. The van der Waals surface area contributed by atoms with Crippen LogP contribution in [-0.2, 0) is 0 Å². The van der Waals surface area contributed by atoms with Crippen LogP contribution in [0.5, 0.6) is 0 Å². The van der Waals surface area contributed by atoms with Crippen molar-refractivity contribution in [3.8, 4) is 0 Å². The van der Waals surface area contributed by atoms with Gasteiger partial charge in [0.25, 0.3) is 0 Å². The molecule has 0 atom stereocenters. The van der Waals surface area contributed by atoms with Gasteiger partial charge in [-0.05, 0) is 118 Å². The van der Waals surface area contributed by atoms with Crippen molar-refractivity contribution < 1.29 is 22.0 Å². The second-order valence-electron chi connectivity index (χ2n) is 10.4. The van der Waals surface area contributed by atoms with Crippen molar-refractivity contribution in [3.05, 3.63) is 178 Å². The maximum atomic E-state index is 14.1. The van der Waals surface area contributed by atoms with E-state index in [0.29, 0.717) is 0 Å². The van der Waals surface area contributed by atoms with Gasteiger partial charge in [-0.25, -0.2) is 22.0 Å². The predicted molar refractivity (Wildman–Crippen MR) is 146 cm³/mol. The van der Waals surface area contributed by atoms with Crippen LogP contribution >= 0.6 is 0 Å². The van der Waals surface area contributed by atoms with E-state index in [1.54, 1.807) is 60.7 Å². The average Bonchev–Trinajstić information content (AvgIpc) is 3.31. The molecule has 0 nitrogen and oxygen atoms in total. The Kier molecular flexibility index (Phi) is 6.97. The highest BCUT2D eigenvalue weighted by Gasteiger charge is 2.53. The molecule has 1 aliphatic rings. The van der Waals surface area contributed by atoms with Gasteiger partial charge in [0.15, 0.2) is 0 Å². The van der Waals surface area contributed by atoms with Crippen molar-refractivity contribution in [2.75, 3.05) is 0 Å². The number of halogens is 5. The summed E-state index contributed by atoms with van der Waals surface area (Å²) in [6.45, 7) is 0. The lowest BCUT2D eigenvalue weighted by atomic mass is 9.75. The standard InChI is InChI=1S/C35H25F5/c36-26-11-1-21(2-12-26)31-32(22-3-13-27(37)14-4-22)34(24-7-17-29(39)18-8-24)35(25-9-19-30(40)20-10-25)33(31)23-5-15-28(38)16-6-23/h1-20,31-35H. The molecule has 0 radical (unpaired) electrons. The van der Waals surface area contributed by atoms with E-state index >= 15 is 0 Å². The van der Waals surface area contributed by atoms with Crippen molar-refractivity contribution in [2.45, 2.75) is 29.6 Å². The van der Waals surface area contributed by atoms with Crippen LogP contribution in [0, 0.1) is 29.1 Å². The van der Waals surface area contributed by atoms with Crippen LogP contribution in [0.3, 0.4) is 0 Å². The fourth-order valence-corrected chi connectivity index (χ4v) is 6.62. The zero-order valence-corrected chi connectivity index (χ0v) is 21.3. The van der Waals surface area contributed by atoms with Crippen LogP contribution in [0.1, 0.15) is 57.4 Å². The van der Waals surface area contributed by atoms with Gasteiger partial charge in [0, 0.05) is 0 Å². The van der Waals surface area contributed by atoms with Gasteiger partial charge >= 0.3 is 0 Å². The second kappa shape index (κ2) is 10.7. The van der Waals surface area contributed by atoms with Crippen molar-refractivity contribution in [1.29, 1.82) is 0 Å². The molecule has 0 heterocycles. The van der Waals surface area contributed by atoms with E-state index in [1.807, 2.05) is 0 Å². The van der Waals surface area contributed by atoms with Gasteiger partial charge in [-0.1, -0.05) is 60.7 Å². The quantitative estimate of drug-likeness (QED) is 0.195. The Morgan fingerprint density at radius 3 is 0.475 bits per heavy atom. The maximum Gasteiger partial charge on any atom is 0.123 e. The summed E-state index contributed by atoms with van der Waals surface area (Å²) >= 11 is 0. The first-order valence-corrected chi connectivity index (χ1v) is 13.2. The van der Waals surface area contributed by atoms with Gasteiger partial charge in [0.1, 0.15) is 29.1 Å². The molecule has 0 bridgehead atoms. The molecule has 5 aromatic carbocycles. The average molecular weight is 541 g/mol. The molecule has 0 aliphatic heterocycles. The Balaban J connectivity index is 1.66. The third-order valence-corrected chi connectivity index (χ3v) is 8.21. The molecule has 0 unspecified atom stereocenters. The summed E-state index contributed by atoms with van der Waals surface area (Å²) in [6.07, 6.45) is 0. The van der Waals surface area contributed by atoms with Crippen molar-refractivity contribution >= 4 is 0 Å². The van der Waals surface area contributed by atoms with Gasteiger partial charge < -0.3 is 0 Å². The zero-order valence-electron chi connectivity index (χ0n) is 21.3. The minimum atomic E-state index is -0.372. The number of hydrogen-bond donors (Lipinski definition) is 0. The van der Waals surface area contributed by atoms with Crippen LogP contribution in [0.2, 0.25) is 0 Å². The van der Waals surface area contributed by atoms with Crippen LogP contribution in [0.15, 0.2) is 121 Å². The lowest BCUT2D eigenvalue weighted by Gasteiger charge is -2.28. The third kappa shape index (κ3) is 4.92. The Morgan fingerprint density at radius 2 is 0.350 bits per heavy atom. The molecule has 6 rings (SSSR count). The minimum Gasteiger partial charge on any atom is -0.207 e. The van der Waals surface area contributed by atoms with Crippen molar-refractivity contribution in [3.63, 3.8) is 0 Å². The largest absolute Gasteiger partial charge is 0.207 e. The van der Waals surface area contributed by atoms with Crippen LogP contribution in [-0.4, -0.2) is 0 Å². The molecule has 0 aromatic heterocycles. The lowest BCUT2D eigenvalue weighted by molar-refractivity contribution is 0.547. The fraction of sp³-hybridized carbons (Fsp3) is 0.143. The van der Waals surface area contributed by atoms with E-state index in [1.165, 1.54) is 60.7 Å². The molecule has 0 spiro atoms. The van der Waals surface area contributed by atoms with E-state index in [9.17, 15) is 22.0 Å². The summed E-state index contributed by atoms with van der Waals surface area (Å²) in [5.41, 5.74) is 4.31.